The third kappa shape index (κ3) is 4.11. The highest BCUT2D eigenvalue weighted by atomic mass is 19.1. The van der Waals surface area contributed by atoms with Crippen LogP contribution in [0.4, 0.5) is 4.39 Å². The fourth-order valence-corrected chi connectivity index (χ4v) is 2.88. The summed E-state index contributed by atoms with van der Waals surface area (Å²) in [7, 11) is 0. The zero-order valence-corrected chi connectivity index (χ0v) is 13.3. The molecule has 0 aromatic heterocycles. The van der Waals surface area contributed by atoms with Gasteiger partial charge in [0.1, 0.15) is 18.2 Å². The average molecular weight is 329 g/mol. The summed E-state index contributed by atoms with van der Waals surface area (Å²) in [5, 5.41) is 0. The minimum atomic E-state index is -0.389. The molecule has 24 heavy (non-hydrogen) atoms. The second-order valence-corrected chi connectivity index (χ2v) is 5.98. The first-order valence-electron chi connectivity index (χ1n) is 8.00. The Kier molecular flexibility index (Phi) is 5.11. The van der Waals surface area contributed by atoms with Gasteiger partial charge in [-0.05, 0) is 36.1 Å². The third-order valence-corrected chi connectivity index (χ3v) is 4.20. The average Bonchev–Trinajstić information content (AvgIpc) is 2.60. The van der Waals surface area contributed by atoms with Crippen LogP contribution in [-0.4, -0.2) is 12.5 Å². The molecule has 2 aromatic rings. The van der Waals surface area contributed by atoms with Gasteiger partial charge in [0.15, 0.2) is 0 Å². The molecule has 2 atom stereocenters. The summed E-state index contributed by atoms with van der Waals surface area (Å²) in [6.07, 6.45) is 0.737. The zero-order valence-electron chi connectivity index (χ0n) is 13.3. The summed E-state index contributed by atoms with van der Waals surface area (Å²) >= 11 is 0. The van der Waals surface area contributed by atoms with Crippen LogP contribution in [-0.2, 0) is 16.1 Å². The van der Waals surface area contributed by atoms with Gasteiger partial charge in [-0.2, -0.15) is 0 Å². The van der Waals surface area contributed by atoms with Crippen molar-refractivity contribution in [2.75, 3.05) is 6.61 Å². The Morgan fingerprint density at radius 2 is 2.04 bits per heavy atom. The van der Waals surface area contributed by atoms with Crippen LogP contribution in [0.2, 0.25) is 0 Å². The number of amides is 1. The number of rotatable bonds is 5. The van der Waals surface area contributed by atoms with Crippen molar-refractivity contribution in [2.45, 2.75) is 25.6 Å². The van der Waals surface area contributed by atoms with Crippen molar-refractivity contribution >= 4 is 5.91 Å². The van der Waals surface area contributed by atoms with Gasteiger partial charge >= 0.3 is 0 Å². The molecule has 2 N–H and O–H groups in total. The molecule has 1 aliphatic heterocycles. The second kappa shape index (κ2) is 7.45. The van der Waals surface area contributed by atoms with E-state index in [2.05, 4.69) is 0 Å². The number of benzene rings is 2. The fourth-order valence-electron chi connectivity index (χ4n) is 2.88. The maximum atomic E-state index is 13.9. The number of nitrogens with two attached hydrogens (primary N) is 1. The van der Waals surface area contributed by atoms with Crippen LogP contribution < -0.4 is 10.5 Å². The van der Waals surface area contributed by atoms with E-state index < -0.39 is 0 Å². The van der Waals surface area contributed by atoms with Crippen LogP contribution in [0.1, 0.15) is 30.1 Å². The Bertz CT molecular complexity index is 705. The van der Waals surface area contributed by atoms with Gasteiger partial charge in [-0.3, -0.25) is 4.79 Å². The lowest BCUT2D eigenvalue weighted by atomic mass is 9.91. The van der Waals surface area contributed by atoms with E-state index in [0.29, 0.717) is 37.4 Å². The van der Waals surface area contributed by atoms with Crippen molar-refractivity contribution in [3.05, 3.63) is 65.5 Å². The molecule has 0 saturated carbocycles. The molecule has 2 unspecified atom stereocenters. The topological polar surface area (TPSA) is 61.6 Å². The first kappa shape index (κ1) is 16.5. The number of halogens is 1. The molecule has 1 saturated heterocycles. The summed E-state index contributed by atoms with van der Waals surface area (Å²) in [4.78, 5) is 11.4. The largest absolute Gasteiger partial charge is 0.489 e. The molecule has 1 amide bonds. The maximum Gasteiger partial charge on any atom is 0.220 e. The van der Waals surface area contributed by atoms with E-state index in [4.69, 9.17) is 15.2 Å². The van der Waals surface area contributed by atoms with Crippen molar-refractivity contribution in [3.8, 4) is 5.75 Å². The Morgan fingerprint density at radius 3 is 2.79 bits per heavy atom. The molecule has 3 rings (SSSR count). The maximum absolute atomic E-state index is 13.9. The number of ether oxygens (including phenoxy) is 2. The summed E-state index contributed by atoms with van der Waals surface area (Å²) in [5.41, 5.74) is 7.06. The lowest BCUT2D eigenvalue weighted by Gasteiger charge is -2.28. The highest BCUT2D eigenvalue weighted by molar-refractivity contribution is 5.76. The van der Waals surface area contributed by atoms with Crippen LogP contribution in [0.3, 0.4) is 0 Å². The molecule has 0 spiro atoms. The van der Waals surface area contributed by atoms with E-state index in [1.165, 1.54) is 12.1 Å². The van der Waals surface area contributed by atoms with Crippen molar-refractivity contribution < 1.29 is 18.7 Å². The van der Waals surface area contributed by atoms with Crippen molar-refractivity contribution in [1.29, 1.82) is 0 Å². The molecule has 1 aliphatic rings. The number of hydrogen-bond donors (Lipinski definition) is 1. The first-order chi connectivity index (χ1) is 11.6. The van der Waals surface area contributed by atoms with E-state index in [1.54, 1.807) is 6.07 Å². The molecular weight excluding hydrogens is 309 g/mol. The van der Waals surface area contributed by atoms with Crippen molar-refractivity contribution in [3.63, 3.8) is 0 Å². The molecular formula is C19H20FNO3. The molecule has 0 bridgehead atoms. The van der Waals surface area contributed by atoms with E-state index in [0.717, 1.165) is 5.56 Å². The predicted molar refractivity (Wildman–Crippen MR) is 87.8 cm³/mol. The van der Waals surface area contributed by atoms with Gasteiger partial charge in [-0.25, -0.2) is 4.39 Å². The minimum Gasteiger partial charge on any atom is -0.489 e. The van der Waals surface area contributed by atoms with E-state index in [9.17, 15) is 9.18 Å². The quantitative estimate of drug-likeness (QED) is 0.915. The number of hydrogen-bond acceptors (Lipinski definition) is 3. The normalized spacial score (nSPS) is 20.5. The monoisotopic (exact) mass is 329 g/mol. The van der Waals surface area contributed by atoms with Gasteiger partial charge in [-0.15, -0.1) is 0 Å². The second-order valence-electron chi connectivity index (χ2n) is 5.98. The number of carbonyl (C=O) groups is 1. The van der Waals surface area contributed by atoms with E-state index >= 15 is 0 Å². The van der Waals surface area contributed by atoms with Gasteiger partial charge in [0.05, 0.1) is 6.10 Å². The van der Waals surface area contributed by atoms with Crippen LogP contribution in [0.15, 0.2) is 48.5 Å². The smallest absolute Gasteiger partial charge is 0.220 e. The van der Waals surface area contributed by atoms with Gasteiger partial charge < -0.3 is 15.2 Å². The Labute approximate surface area is 140 Å². The van der Waals surface area contributed by atoms with Crippen LogP contribution in [0, 0.1) is 11.7 Å². The fraction of sp³-hybridized carbons (Fsp3) is 0.316. The van der Waals surface area contributed by atoms with Crippen LogP contribution in [0.5, 0.6) is 5.75 Å². The van der Waals surface area contributed by atoms with Gasteiger partial charge in [0.25, 0.3) is 0 Å². The Hall–Kier alpha value is -2.40. The van der Waals surface area contributed by atoms with Crippen molar-refractivity contribution in [2.24, 2.45) is 11.7 Å². The first-order valence-corrected chi connectivity index (χ1v) is 8.00. The molecule has 126 valence electrons. The van der Waals surface area contributed by atoms with E-state index in [-0.39, 0.29) is 23.7 Å². The lowest BCUT2D eigenvalue weighted by Crippen LogP contribution is -2.30. The van der Waals surface area contributed by atoms with Crippen LogP contribution >= 0.6 is 0 Å². The Balaban J connectivity index is 1.72. The summed E-state index contributed by atoms with van der Waals surface area (Å²) in [5.74, 6) is -0.514. The van der Waals surface area contributed by atoms with Gasteiger partial charge in [0, 0.05) is 18.6 Å². The zero-order chi connectivity index (χ0) is 16.9. The predicted octanol–water partition coefficient (Wildman–Crippen LogP) is 3.36. The highest BCUT2D eigenvalue weighted by Crippen LogP contribution is 2.33. The van der Waals surface area contributed by atoms with Gasteiger partial charge in [0.2, 0.25) is 5.91 Å². The molecule has 2 aromatic carbocycles. The molecule has 1 fully saturated rings. The molecule has 0 radical (unpaired) electrons. The Morgan fingerprint density at radius 1 is 1.25 bits per heavy atom. The number of primary amides is 1. The summed E-state index contributed by atoms with van der Waals surface area (Å²) < 4.78 is 25.3. The van der Waals surface area contributed by atoms with Crippen molar-refractivity contribution in [1.82, 2.24) is 0 Å². The van der Waals surface area contributed by atoms with E-state index in [1.807, 2.05) is 30.3 Å². The standard InChI is InChI=1S/C19H20FNO3/c20-16-8-15(18-10-14(19(21)22)6-7-23-18)9-17(11-16)24-12-13-4-2-1-3-5-13/h1-5,8-9,11,14,18H,6-7,10,12H2,(H2,21,22). The minimum absolute atomic E-state index is 0.235. The molecule has 4 nitrogen and oxygen atoms in total. The van der Waals surface area contributed by atoms with Gasteiger partial charge in [-0.1, -0.05) is 30.3 Å². The highest BCUT2D eigenvalue weighted by Gasteiger charge is 2.28. The lowest BCUT2D eigenvalue weighted by molar-refractivity contribution is -0.126. The molecule has 1 heterocycles. The van der Waals surface area contributed by atoms with Crippen LogP contribution in [0.25, 0.3) is 0 Å². The molecule has 0 aliphatic carbocycles. The third-order valence-electron chi connectivity index (χ3n) is 4.20. The number of carbonyl (C=O) groups excluding carboxylic acids is 1. The summed E-state index contributed by atoms with van der Waals surface area (Å²) in [6, 6.07) is 14.2. The molecule has 5 heteroatoms. The SMILES string of the molecule is NC(=O)C1CCOC(c2cc(F)cc(OCc3ccccc3)c2)C1. The summed E-state index contributed by atoms with van der Waals surface area (Å²) in [6.45, 7) is 0.800.